The van der Waals surface area contributed by atoms with E-state index in [0.717, 1.165) is 23.7 Å². The molecule has 2 heterocycles. The van der Waals surface area contributed by atoms with Crippen LogP contribution in [0.25, 0.3) is 0 Å². The lowest BCUT2D eigenvalue weighted by molar-refractivity contribution is -0.380. The van der Waals surface area contributed by atoms with Crippen LogP contribution in [-0.4, -0.2) is 26.2 Å². The lowest BCUT2D eigenvalue weighted by Gasteiger charge is -2.02. The highest BCUT2D eigenvalue weighted by Gasteiger charge is 2.09. The largest absolute Gasteiger partial charge is 0.324 e. The Kier molecular flexibility index (Phi) is 4.00. The summed E-state index contributed by atoms with van der Waals surface area (Å²) in [5.74, 6) is 0.916. The molecule has 0 bridgehead atoms. The van der Waals surface area contributed by atoms with Crippen LogP contribution in [0.5, 0.6) is 0 Å². The topological polar surface area (TPSA) is 85.9 Å². The molecule has 1 N–H and O–H groups in total. The molecule has 0 atom stereocenters. The van der Waals surface area contributed by atoms with Crippen molar-refractivity contribution in [1.82, 2.24) is 20.1 Å². The first kappa shape index (κ1) is 12.7. The van der Waals surface area contributed by atoms with E-state index in [0.29, 0.717) is 6.54 Å². The molecule has 0 saturated heterocycles. The lowest BCUT2D eigenvalue weighted by atomic mass is 10.4. The summed E-state index contributed by atoms with van der Waals surface area (Å²) in [6.07, 6.45) is 2.45. The Morgan fingerprint density at radius 2 is 2.39 bits per heavy atom. The Hall–Kier alpha value is -1.80. The number of hydrogen-bond acceptors (Lipinski definition) is 6. The van der Waals surface area contributed by atoms with Gasteiger partial charge in [-0.05, 0) is 6.07 Å². The normalized spacial score (nSPS) is 10.7. The Morgan fingerprint density at radius 1 is 1.56 bits per heavy atom. The van der Waals surface area contributed by atoms with Crippen LogP contribution in [-0.2, 0) is 20.0 Å². The molecule has 0 aliphatic rings. The van der Waals surface area contributed by atoms with Crippen LogP contribution in [0.4, 0.5) is 5.00 Å². The van der Waals surface area contributed by atoms with Gasteiger partial charge < -0.3 is 9.88 Å². The molecule has 2 rings (SSSR count). The van der Waals surface area contributed by atoms with Gasteiger partial charge in [0.25, 0.3) is 0 Å². The second-order valence-electron chi connectivity index (χ2n) is 3.78. The summed E-state index contributed by atoms with van der Waals surface area (Å²) >= 11 is 1.20. The van der Waals surface area contributed by atoms with Crippen molar-refractivity contribution in [3.63, 3.8) is 0 Å². The van der Waals surface area contributed by atoms with Gasteiger partial charge in [-0.3, -0.25) is 10.1 Å². The van der Waals surface area contributed by atoms with Crippen molar-refractivity contribution < 1.29 is 4.92 Å². The zero-order valence-electron chi connectivity index (χ0n) is 9.87. The molecule has 0 fully saturated rings. The second-order valence-corrected chi connectivity index (χ2v) is 4.93. The fraction of sp³-hybridized carbons (Fsp3) is 0.400. The van der Waals surface area contributed by atoms with Crippen LogP contribution < -0.4 is 5.32 Å². The summed E-state index contributed by atoms with van der Waals surface area (Å²) in [5.41, 5.74) is 0. The maximum atomic E-state index is 10.5. The molecule has 0 amide bonds. The van der Waals surface area contributed by atoms with Gasteiger partial charge >= 0.3 is 5.00 Å². The zero-order chi connectivity index (χ0) is 13.0. The molecule has 96 valence electrons. The molecular weight excluding hydrogens is 254 g/mol. The molecule has 0 aromatic carbocycles. The average Bonchev–Trinajstić information content (AvgIpc) is 2.94. The quantitative estimate of drug-likeness (QED) is 0.481. The van der Waals surface area contributed by atoms with Gasteiger partial charge in [-0.1, -0.05) is 11.3 Å². The van der Waals surface area contributed by atoms with Gasteiger partial charge in [-0.25, -0.2) is 0 Å². The van der Waals surface area contributed by atoms with E-state index in [4.69, 9.17) is 0 Å². The zero-order valence-corrected chi connectivity index (χ0v) is 10.7. The van der Waals surface area contributed by atoms with Gasteiger partial charge in [0.1, 0.15) is 12.2 Å². The van der Waals surface area contributed by atoms with Crippen LogP contribution in [0.1, 0.15) is 10.7 Å². The number of nitrogens with one attached hydrogen (secondary N) is 1. The molecule has 8 heteroatoms. The highest BCUT2D eigenvalue weighted by atomic mass is 32.1. The number of aromatic nitrogens is 3. The first-order chi connectivity index (χ1) is 8.66. The fourth-order valence-electron chi connectivity index (χ4n) is 1.50. The Morgan fingerprint density at radius 3 is 3.00 bits per heavy atom. The van der Waals surface area contributed by atoms with Crippen LogP contribution in [0, 0.1) is 10.1 Å². The number of nitro groups is 1. The maximum absolute atomic E-state index is 10.5. The van der Waals surface area contributed by atoms with E-state index in [2.05, 4.69) is 15.5 Å². The first-order valence-electron chi connectivity index (χ1n) is 5.43. The molecular formula is C10H13N5O2S. The summed E-state index contributed by atoms with van der Waals surface area (Å²) < 4.78 is 1.87. The highest BCUT2D eigenvalue weighted by molar-refractivity contribution is 7.15. The van der Waals surface area contributed by atoms with Gasteiger partial charge in [0.05, 0.1) is 4.92 Å². The van der Waals surface area contributed by atoms with E-state index in [1.165, 1.54) is 17.4 Å². The monoisotopic (exact) mass is 267 g/mol. The minimum Gasteiger partial charge on any atom is -0.321 e. The van der Waals surface area contributed by atoms with Gasteiger partial charge in [0, 0.05) is 37.5 Å². The van der Waals surface area contributed by atoms with Crippen molar-refractivity contribution in [2.75, 3.05) is 6.54 Å². The Balaban J connectivity index is 1.75. The molecule has 2 aromatic rings. The van der Waals surface area contributed by atoms with E-state index in [1.54, 1.807) is 12.4 Å². The molecule has 0 aliphatic carbocycles. The Labute approximate surface area is 108 Å². The standard InChI is InChI=1S/C10H13N5O2S/c1-14-7-12-13-9(14)4-5-11-6-8-2-3-10(18-8)15(16)17/h2-3,7,11H,4-6H2,1H3. The predicted octanol–water partition coefficient (Wildman–Crippen LogP) is 1.12. The molecule has 18 heavy (non-hydrogen) atoms. The van der Waals surface area contributed by atoms with Gasteiger partial charge in [-0.15, -0.1) is 10.2 Å². The fourth-order valence-corrected chi connectivity index (χ4v) is 2.29. The van der Waals surface area contributed by atoms with Crippen molar-refractivity contribution in [2.24, 2.45) is 7.05 Å². The molecule has 0 spiro atoms. The summed E-state index contributed by atoms with van der Waals surface area (Å²) in [7, 11) is 1.90. The Bertz CT molecular complexity index is 536. The summed E-state index contributed by atoms with van der Waals surface area (Å²) in [5, 5.41) is 21.7. The van der Waals surface area contributed by atoms with Gasteiger partial charge in [0.2, 0.25) is 0 Å². The number of hydrogen-bond donors (Lipinski definition) is 1. The molecule has 0 radical (unpaired) electrons. The molecule has 2 aromatic heterocycles. The molecule has 0 aliphatic heterocycles. The summed E-state index contributed by atoms with van der Waals surface area (Å²) in [4.78, 5) is 11.1. The van der Waals surface area contributed by atoms with E-state index in [1.807, 2.05) is 11.6 Å². The van der Waals surface area contributed by atoms with E-state index >= 15 is 0 Å². The van der Waals surface area contributed by atoms with Crippen LogP contribution >= 0.6 is 11.3 Å². The van der Waals surface area contributed by atoms with Gasteiger partial charge in [-0.2, -0.15) is 0 Å². The van der Waals surface area contributed by atoms with Crippen LogP contribution in [0.3, 0.4) is 0 Å². The summed E-state index contributed by atoms with van der Waals surface area (Å²) in [6.45, 7) is 1.40. The number of nitrogens with zero attached hydrogens (tertiary/aromatic N) is 4. The number of rotatable bonds is 6. The maximum Gasteiger partial charge on any atom is 0.324 e. The van der Waals surface area contributed by atoms with Crippen molar-refractivity contribution in [1.29, 1.82) is 0 Å². The second kappa shape index (κ2) is 5.69. The number of thiophene rings is 1. The van der Waals surface area contributed by atoms with Gasteiger partial charge in [0.15, 0.2) is 0 Å². The smallest absolute Gasteiger partial charge is 0.321 e. The highest BCUT2D eigenvalue weighted by Crippen LogP contribution is 2.23. The average molecular weight is 267 g/mol. The van der Waals surface area contributed by atoms with Crippen molar-refractivity contribution in [3.8, 4) is 0 Å². The van der Waals surface area contributed by atoms with E-state index < -0.39 is 0 Å². The SMILES string of the molecule is Cn1cnnc1CCNCc1ccc([N+](=O)[O-])s1. The van der Waals surface area contributed by atoms with Crippen molar-refractivity contribution >= 4 is 16.3 Å². The van der Waals surface area contributed by atoms with Crippen LogP contribution in [0.2, 0.25) is 0 Å². The molecule has 0 saturated carbocycles. The van der Waals surface area contributed by atoms with Crippen LogP contribution in [0.15, 0.2) is 18.5 Å². The van der Waals surface area contributed by atoms with Crippen molar-refractivity contribution in [2.45, 2.75) is 13.0 Å². The number of aryl methyl sites for hydroxylation is 1. The third kappa shape index (κ3) is 3.11. The lowest BCUT2D eigenvalue weighted by Crippen LogP contribution is -2.17. The molecule has 7 nitrogen and oxygen atoms in total. The van der Waals surface area contributed by atoms with E-state index in [9.17, 15) is 10.1 Å². The third-order valence-corrected chi connectivity index (χ3v) is 3.49. The third-order valence-electron chi connectivity index (χ3n) is 2.46. The summed E-state index contributed by atoms with van der Waals surface area (Å²) in [6, 6.07) is 3.31. The first-order valence-corrected chi connectivity index (χ1v) is 6.25. The van der Waals surface area contributed by atoms with Crippen molar-refractivity contribution in [3.05, 3.63) is 39.3 Å². The minimum atomic E-state index is -0.367. The predicted molar refractivity (Wildman–Crippen MR) is 67.4 cm³/mol. The minimum absolute atomic E-state index is 0.181. The molecule has 0 unspecified atom stereocenters. The van der Waals surface area contributed by atoms with E-state index in [-0.39, 0.29) is 9.92 Å².